The third-order valence-electron chi connectivity index (χ3n) is 6.01. The molecule has 1 unspecified atom stereocenters. The van der Waals surface area contributed by atoms with E-state index < -0.39 is 0 Å². The molecule has 0 saturated heterocycles. The van der Waals surface area contributed by atoms with Gasteiger partial charge in [0.15, 0.2) is 0 Å². The van der Waals surface area contributed by atoms with E-state index in [0.29, 0.717) is 0 Å². The van der Waals surface area contributed by atoms with E-state index in [1.54, 1.807) is 0 Å². The Bertz CT molecular complexity index is 1130. The lowest BCUT2D eigenvalue weighted by atomic mass is 10.0. The van der Waals surface area contributed by atoms with Crippen molar-refractivity contribution in [3.8, 4) is 11.5 Å². The summed E-state index contributed by atoms with van der Waals surface area (Å²) < 4.78 is 8.56. The Hall–Kier alpha value is -3.30. The van der Waals surface area contributed by atoms with Crippen LogP contribution in [0.15, 0.2) is 97.2 Å². The first-order valence-electron chi connectivity index (χ1n) is 11.0. The summed E-state index contributed by atoms with van der Waals surface area (Å²) in [5.41, 5.74) is 5.27. The second-order valence-electron chi connectivity index (χ2n) is 8.33. The fraction of sp³-hybridized carbons (Fsp3) is 0.214. The van der Waals surface area contributed by atoms with Crippen LogP contribution in [0.4, 0.5) is 0 Å². The molecule has 3 aromatic carbocycles. The zero-order valence-electron chi connectivity index (χ0n) is 17.9. The minimum atomic E-state index is 0.193. The molecule has 4 aromatic rings. The molecule has 31 heavy (non-hydrogen) atoms. The highest BCUT2D eigenvalue weighted by Gasteiger charge is 2.27. The number of para-hydroxylation sites is 1. The Kier molecular flexibility index (Phi) is 5.59. The molecule has 1 aromatic heterocycles. The Morgan fingerprint density at radius 3 is 2.45 bits per heavy atom. The average Bonchev–Trinajstić information content (AvgIpc) is 3.17. The fourth-order valence-electron chi connectivity index (χ4n) is 4.49. The Morgan fingerprint density at radius 1 is 0.806 bits per heavy atom. The normalized spacial score (nSPS) is 16.5. The van der Waals surface area contributed by atoms with E-state index in [-0.39, 0.29) is 6.04 Å². The summed E-state index contributed by atoms with van der Waals surface area (Å²) >= 11 is 0. The van der Waals surface area contributed by atoms with Crippen molar-refractivity contribution in [3.05, 3.63) is 120 Å². The van der Waals surface area contributed by atoms with E-state index in [1.807, 2.05) is 36.4 Å². The molecule has 1 atom stereocenters. The molecule has 0 bridgehead atoms. The van der Waals surface area contributed by atoms with Gasteiger partial charge in [-0.05, 0) is 60.9 Å². The number of hydrogen-bond donors (Lipinski definition) is 0. The number of fused-ring (bicyclic) bond motifs is 1. The average molecular weight is 409 g/mol. The quantitative estimate of drug-likeness (QED) is 0.371. The van der Waals surface area contributed by atoms with Crippen LogP contribution < -0.4 is 4.74 Å². The highest BCUT2D eigenvalue weighted by Crippen LogP contribution is 2.35. The summed E-state index contributed by atoms with van der Waals surface area (Å²) in [6, 6.07) is 32.1. The molecule has 156 valence electrons. The van der Waals surface area contributed by atoms with Gasteiger partial charge in [0.2, 0.25) is 0 Å². The van der Waals surface area contributed by atoms with Crippen molar-refractivity contribution in [1.29, 1.82) is 0 Å². The van der Waals surface area contributed by atoms with Crippen LogP contribution in [0.25, 0.3) is 0 Å². The third-order valence-corrected chi connectivity index (χ3v) is 6.01. The minimum Gasteiger partial charge on any atom is -0.457 e. The molecule has 3 heteroatoms. The van der Waals surface area contributed by atoms with Gasteiger partial charge in [-0.25, -0.2) is 0 Å². The number of hydrogen-bond acceptors (Lipinski definition) is 2. The van der Waals surface area contributed by atoms with Crippen molar-refractivity contribution < 1.29 is 4.74 Å². The Morgan fingerprint density at radius 2 is 1.61 bits per heavy atom. The topological polar surface area (TPSA) is 17.4 Å². The second-order valence-corrected chi connectivity index (χ2v) is 8.33. The monoisotopic (exact) mass is 408 g/mol. The van der Waals surface area contributed by atoms with Crippen molar-refractivity contribution in [2.45, 2.75) is 32.5 Å². The lowest BCUT2D eigenvalue weighted by Gasteiger charge is -2.31. The molecule has 0 aliphatic carbocycles. The molecule has 0 radical (unpaired) electrons. The maximum atomic E-state index is 6.15. The van der Waals surface area contributed by atoms with Crippen LogP contribution in [0.1, 0.15) is 34.8 Å². The summed E-state index contributed by atoms with van der Waals surface area (Å²) in [4.78, 5) is 2.60. The summed E-state index contributed by atoms with van der Waals surface area (Å²) in [5, 5.41) is 0. The lowest BCUT2D eigenvalue weighted by molar-refractivity contribution is 0.220. The first-order valence-corrected chi connectivity index (χ1v) is 11.0. The van der Waals surface area contributed by atoms with Gasteiger partial charge in [0.05, 0.1) is 6.04 Å². The maximum absolute atomic E-state index is 6.15. The van der Waals surface area contributed by atoms with Crippen LogP contribution >= 0.6 is 0 Å². The predicted octanol–water partition coefficient (Wildman–Crippen LogP) is 6.58. The van der Waals surface area contributed by atoms with Crippen LogP contribution in [0, 0.1) is 6.92 Å². The summed E-state index contributed by atoms with van der Waals surface area (Å²) in [5.74, 6) is 1.74. The highest BCUT2D eigenvalue weighted by atomic mass is 16.5. The van der Waals surface area contributed by atoms with Gasteiger partial charge < -0.3 is 9.30 Å². The molecule has 0 spiro atoms. The number of rotatable bonds is 5. The van der Waals surface area contributed by atoms with Gasteiger partial charge in [0.1, 0.15) is 11.5 Å². The van der Waals surface area contributed by atoms with Crippen molar-refractivity contribution in [2.75, 3.05) is 6.54 Å². The van der Waals surface area contributed by atoms with Crippen LogP contribution in [0.2, 0.25) is 0 Å². The first-order chi connectivity index (χ1) is 15.3. The molecule has 1 aliphatic rings. The van der Waals surface area contributed by atoms with Crippen molar-refractivity contribution in [1.82, 2.24) is 9.47 Å². The van der Waals surface area contributed by atoms with E-state index in [0.717, 1.165) is 37.6 Å². The molecule has 0 amide bonds. The number of ether oxygens (including phenoxy) is 1. The van der Waals surface area contributed by atoms with Crippen molar-refractivity contribution >= 4 is 0 Å². The van der Waals surface area contributed by atoms with E-state index in [1.165, 1.54) is 22.4 Å². The van der Waals surface area contributed by atoms with Crippen LogP contribution in [0.5, 0.6) is 11.5 Å². The molecule has 3 nitrogen and oxygen atoms in total. The Labute approximate surface area is 184 Å². The third kappa shape index (κ3) is 4.42. The summed E-state index contributed by atoms with van der Waals surface area (Å²) in [6.07, 6.45) is 3.35. The van der Waals surface area contributed by atoms with Crippen molar-refractivity contribution in [3.63, 3.8) is 0 Å². The Balaban J connectivity index is 1.50. The first kappa shape index (κ1) is 19.7. The molecule has 1 aliphatic heterocycles. The molecular weight excluding hydrogens is 380 g/mol. The fourth-order valence-corrected chi connectivity index (χ4v) is 4.49. The molecule has 0 saturated carbocycles. The van der Waals surface area contributed by atoms with E-state index >= 15 is 0 Å². The zero-order chi connectivity index (χ0) is 21.0. The molecule has 0 N–H and O–H groups in total. The molecule has 0 fully saturated rings. The summed E-state index contributed by atoms with van der Waals surface area (Å²) in [7, 11) is 0. The van der Waals surface area contributed by atoms with Crippen LogP contribution in [-0.2, 0) is 13.1 Å². The lowest BCUT2D eigenvalue weighted by Crippen LogP contribution is -2.29. The molecule has 5 rings (SSSR count). The van der Waals surface area contributed by atoms with Gasteiger partial charge >= 0.3 is 0 Å². The van der Waals surface area contributed by atoms with Crippen LogP contribution in [-0.4, -0.2) is 16.0 Å². The van der Waals surface area contributed by atoms with Gasteiger partial charge in [-0.15, -0.1) is 0 Å². The number of benzene rings is 3. The predicted molar refractivity (Wildman–Crippen MR) is 125 cm³/mol. The largest absolute Gasteiger partial charge is 0.457 e. The zero-order valence-corrected chi connectivity index (χ0v) is 17.9. The smallest absolute Gasteiger partial charge is 0.127 e. The van der Waals surface area contributed by atoms with E-state index in [9.17, 15) is 0 Å². The number of aryl methyl sites for hydroxylation is 2. The SMILES string of the molecule is Cc1ccc(CN2CCCn3cccc3C2c2cccc(Oc3ccccc3)c2)cc1. The van der Waals surface area contributed by atoms with Gasteiger partial charge in [-0.2, -0.15) is 0 Å². The number of nitrogens with zero attached hydrogens (tertiary/aromatic N) is 2. The van der Waals surface area contributed by atoms with Crippen LogP contribution in [0.3, 0.4) is 0 Å². The molecular formula is C28H28N2O. The van der Waals surface area contributed by atoms with E-state index in [4.69, 9.17) is 4.74 Å². The van der Waals surface area contributed by atoms with Gasteiger partial charge in [0.25, 0.3) is 0 Å². The molecule has 2 heterocycles. The second kappa shape index (κ2) is 8.83. The number of aromatic nitrogens is 1. The van der Waals surface area contributed by atoms with Crippen molar-refractivity contribution in [2.24, 2.45) is 0 Å². The maximum Gasteiger partial charge on any atom is 0.127 e. The highest BCUT2D eigenvalue weighted by molar-refractivity contribution is 5.38. The minimum absolute atomic E-state index is 0.193. The standard InChI is InChI=1S/C28H28N2O/c1-22-13-15-23(16-14-22)21-30-19-7-18-29-17-6-12-27(29)28(30)24-8-5-11-26(20-24)31-25-9-3-2-4-10-25/h2-6,8-17,20,28H,7,18-19,21H2,1H3. The summed E-state index contributed by atoms with van der Waals surface area (Å²) in [6.45, 7) is 5.19. The van der Waals surface area contributed by atoms with Gasteiger partial charge in [-0.3, -0.25) is 4.90 Å². The van der Waals surface area contributed by atoms with E-state index in [2.05, 4.69) is 77.2 Å². The van der Waals surface area contributed by atoms with Gasteiger partial charge in [-0.1, -0.05) is 60.2 Å². The van der Waals surface area contributed by atoms with Gasteiger partial charge in [0, 0.05) is 31.5 Å².